The van der Waals surface area contributed by atoms with Gasteiger partial charge in [-0.25, -0.2) is 0 Å². The van der Waals surface area contributed by atoms with Gasteiger partial charge in [0.25, 0.3) is 0 Å². The third-order valence-electron chi connectivity index (χ3n) is 2.94. The van der Waals surface area contributed by atoms with Gasteiger partial charge in [0.15, 0.2) is 0 Å². The number of hydrogen-bond acceptors (Lipinski definition) is 3. The highest BCUT2D eigenvalue weighted by Crippen LogP contribution is 2.26. The van der Waals surface area contributed by atoms with Crippen LogP contribution in [-0.2, 0) is 7.05 Å². The summed E-state index contributed by atoms with van der Waals surface area (Å²) in [5.41, 5.74) is 0.915. The summed E-state index contributed by atoms with van der Waals surface area (Å²) < 4.78 is 1.75. The molecule has 0 radical (unpaired) electrons. The Morgan fingerprint density at radius 1 is 1.71 bits per heavy atom. The molecule has 0 saturated carbocycles. The Balaban J connectivity index is 2.07. The molecule has 14 heavy (non-hydrogen) atoms. The van der Waals surface area contributed by atoms with Crippen molar-refractivity contribution in [2.24, 2.45) is 13.0 Å². The average Bonchev–Trinajstić information content (AvgIpc) is 2.65. The number of aliphatic hydroxyl groups is 1. The van der Waals surface area contributed by atoms with Crippen molar-refractivity contribution in [1.82, 2.24) is 15.1 Å². The van der Waals surface area contributed by atoms with Crippen molar-refractivity contribution in [2.75, 3.05) is 13.1 Å². The number of piperidine rings is 1. The van der Waals surface area contributed by atoms with Gasteiger partial charge >= 0.3 is 0 Å². The number of nitrogens with zero attached hydrogens (tertiary/aromatic N) is 2. The van der Waals surface area contributed by atoms with Crippen molar-refractivity contribution in [2.45, 2.75) is 18.9 Å². The Hall–Kier alpha value is -0.870. The maximum atomic E-state index is 10.1. The molecule has 4 heteroatoms. The average molecular weight is 195 g/mol. The van der Waals surface area contributed by atoms with Crippen LogP contribution in [0.2, 0.25) is 0 Å². The first-order chi connectivity index (χ1) is 6.79. The summed E-state index contributed by atoms with van der Waals surface area (Å²) in [5, 5.41) is 17.5. The fourth-order valence-corrected chi connectivity index (χ4v) is 2.06. The van der Waals surface area contributed by atoms with Crippen molar-refractivity contribution < 1.29 is 5.11 Å². The zero-order valence-corrected chi connectivity index (χ0v) is 8.48. The summed E-state index contributed by atoms with van der Waals surface area (Å²) >= 11 is 0. The number of nitrogens with one attached hydrogen (secondary N) is 1. The molecule has 0 aliphatic carbocycles. The maximum absolute atomic E-state index is 10.1. The molecular formula is C10H17N3O. The van der Waals surface area contributed by atoms with E-state index >= 15 is 0 Å². The van der Waals surface area contributed by atoms with E-state index < -0.39 is 0 Å². The number of aromatic nitrogens is 2. The number of aliphatic hydroxyl groups excluding tert-OH is 1. The second kappa shape index (κ2) is 4.11. The molecule has 4 nitrogen and oxygen atoms in total. The Labute approximate surface area is 83.9 Å². The minimum atomic E-state index is -0.379. The van der Waals surface area contributed by atoms with E-state index in [1.807, 2.05) is 13.1 Å². The Kier molecular flexibility index (Phi) is 2.84. The molecule has 2 rings (SSSR count). The standard InChI is InChI=1S/C10H17N3O/c1-13-9(4-6-12-13)10(14)8-3-2-5-11-7-8/h4,6,8,10-11,14H,2-3,5,7H2,1H3/t8-,10+/m0/s1. The van der Waals surface area contributed by atoms with Crippen LogP contribution in [-0.4, -0.2) is 28.0 Å². The lowest BCUT2D eigenvalue weighted by molar-refractivity contribution is 0.0848. The molecule has 2 N–H and O–H groups in total. The molecule has 2 heterocycles. The van der Waals surface area contributed by atoms with E-state index in [1.165, 1.54) is 0 Å². The van der Waals surface area contributed by atoms with Gasteiger partial charge in [0.2, 0.25) is 0 Å². The number of hydrogen-bond donors (Lipinski definition) is 2. The first-order valence-corrected chi connectivity index (χ1v) is 5.15. The summed E-state index contributed by atoms with van der Waals surface area (Å²) in [6.45, 7) is 1.99. The van der Waals surface area contributed by atoms with Gasteiger partial charge < -0.3 is 10.4 Å². The largest absolute Gasteiger partial charge is 0.386 e. The van der Waals surface area contributed by atoms with Gasteiger partial charge in [-0.3, -0.25) is 4.68 Å². The lowest BCUT2D eigenvalue weighted by atomic mass is 9.92. The summed E-state index contributed by atoms with van der Waals surface area (Å²) in [7, 11) is 1.87. The van der Waals surface area contributed by atoms with Crippen molar-refractivity contribution in [1.29, 1.82) is 0 Å². The van der Waals surface area contributed by atoms with E-state index in [1.54, 1.807) is 10.9 Å². The van der Waals surface area contributed by atoms with Gasteiger partial charge in [-0.05, 0) is 25.5 Å². The minimum Gasteiger partial charge on any atom is -0.386 e. The molecule has 1 fully saturated rings. The Bertz CT molecular complexity index is 291. The van der Waals surface area contributed by atoms with Gasteiger partial charge in [0.1, 0.15) is 0 Å². The molecule has 1 aliphatic rings. The Morgan fingerprint density at radius 2 is 2.57 bits per heavy atom. The Morgan fingerprint density at radius 3 is 3.14 bits per heavy atom. The number of aryl methyl sites for hydroxylation is 1. The molecule has 1 aromatic heterocycles. The molecule has 1 saturated heterocycles. The molecule has 1 aromatic rings. The number of rotatable bonds is 2. The molecule has 2 atom stereocenters. The molecule has 1 aliphatic heterocycles. The van der Waals surface area contributed by atoms with Crippen LogP contribution in [0.3, 0.4) is 0 Å². The molecule has 0 spiro atoms. The van der Waals surface area contributed by atoms with Crippen LogP contribution in [0.5, 0.6) is 0 Å². The highest BCUT2D eigenvalue weighted by atomic mass is 16.3. The van der Waals surface area contributed by atoms with Crippen LogP contribution >= 0.6 is 0 Å². The zero-order chi connectivity index (χ0) is 9.97. The molecule has 0 amide bonds. The lowest BCUT2D eigenvalue weighted by Crippen LogP contribution is -2.33. The highest BCUT2D eigenvalue weighted by Gasteiger charge is 2.24. The summed E-state index contributed by atoms with van der Waals surface area (Å²) in [6, 6.07) is 1.89. The monoisotopic (exact) mass is 195 g/mol. The molecule has 78 valence electrons. The molecule has 0 unspecified atom stereocenters. The van der Waals surface area contributed by atoms with E-state index in [0.717, 1.165) is 31.6 Å². The first kappa shape index (κ1) is 9.68. The van der Waals surface area contributed by atoms with Gasteiger partial charge in [-0.15, -0.1) is 0 Å². The summed E-state index contributed by atoms with van der Waals surface area (Å²) in [6.07, 6.45) is 3.60. The van der Waals surface area contributed by atoms with Crippen LogP contribution in [0.4, 0.5) is 0 Å². The second-order valence-corrected chi connectivity index (χ2v) is 3.93. The fourth-order valence-electron chi connectivity index (χ4n) is 2.06. The zero-order valence-electron chi connectivity index (χ0n) is 8.48. The predicted molar refractivity (Wildman–Crippen MR) is 53.8 cm³/mol. The van der Waals surface area contributed by atoms with Gasteiger partial charge in [0.05, 0.1) is 11.8 Å². The fraction of sp³-hybridized carbons (Fsp3) is 0.700. The van der Waals surface area contributed by atoms with Crippen LogP contribution < -0.4 is 5.32 Å². The van der Waals surface area contributed by atoms with E-state index in [2.05, 4.69) is 10.4 Å². The highest BCUT2D eigenvalue weighted by molar-refractivity contribution is 5.06. The topological polar surface area (TPSA) is 50.1 Å². The van der Waals surface area contributed by atoms with Crippen LogP contribution in [0.1, 0.15) is 24.6 Å². The van der Waals surface area contributed by atoms with Crippen LogP contribution in [0.25, 0.3) is 0 Å². The SMILES string of the molecule is Cn1nccc1[C@H](O)[C@H]1CCCNC1. The van der Waals surface area contributed by atoms with Crippen molar-refractivity contribution in [3.8, 4) is 0 Å². The maximum Gasteiger partial charge on any atom is 0.0996 e. The van der Waals surface area contributed by atoms with Gasteiger partial charge in [-0.2, -0.15) is 5.10 Å². The summed E-state index contributed by atoms with van der Waals surface area (Å²) in [4.78, 5) is 0. The third kappa shape index (κ3) is 1.81. The van der Waals surface area contributed by atoms with E-state index in [4.69, 9.17) is 0 Å². The van der Waals surface area contributed by atoms with E-state index in [0.29, 0.717) is 5.92 Å². The molecular weight excluding hydrogens is 178 g/mol. The quantitative estimate of drug-likeness (QED) is 0.720. The minimum absolute atomic E-state index is 0.333. The van der Waals surface area contributed by atoms with E-state index in [9.17, 15) is 5.11 Å². The normalized spacial score (nSPS) is 24.9. The second-order valence-electron chi connectivity index (χ2n) is 3.93. The smallest absolute Gasteiger partial charge is 0.0996 e. The third-order valence-corrected chi connectivity index (χ3v) is 2.94. The summed E-state index contributed by atoms with van der Waals surface area (Å²) in [5.74, 6) is 0.333. The van der Waals surface area contributed by atoms with E-state index in [-0.39, 0.29) is 6.10 Å². The van der Waals surface area contributed by atoms with Crippen molar-refractivity contribution in [3.05, 3.63) is 18.0 Å². The lowest BCUT2D eigenvalue weighted by Gasteiger charge is -2.27. The first-order valence-electron chi connectivity index (χ1n) is 5.15. The molecule has 0 aromatic carbocycles. The molecule has 0 bridgehead atoms. The van der Waals surface area contributed by atoms with Gasteiger partial charge in [0, 0.05) is 25.7 Å². The van der Waals surface area contributed by atoms with Crippen molar-refractivity contribution >= 4 is 0 Å². The van der Waals surface area contributed by atoms with Crippen molar-refractivity contribution in [3.63, 3.8) is 0 Å². The van der Waals surface area contributed by atoms with Gasteiger partial charge in [-0.1, -0.05) is 0 Å². The van der Waals surface area contributed by atoms with Crippen LogP contribution in [0.15, 0.2) is 12.3 Å². The predicted octanol–water partition coefficient (Wildman–Crippen LogP) is 0.453. The van der Waals surface area contributed by atoms with Crippen LogP contribution in [0, 0.1) is 5.92 Å².